The summed E-state index contributed by atoms with van der Waals surface area (Å²) in [5, 5.41) is 2.40. The van der Waals surface area contributed by atoms with Crippen LogP contribution < -0.4 is 4.74 Å². The smallest absolute Gasteiger partial charge is 0.317 e. The lowest BCUT2D eigenvalue weighted by molar-refractivity contribution is -0.156. The molecule has 0 aliphatic heterocycles. The third-order valence-corrected chi connectivity index (χ3v) is 9.25. The first kappa shape index (κ1) is 25.3. The molecule has 2 aromatic rings. The van der Waals surface area contributed by atoms with Crippen LogP contribution in [0.3, 0.4) is 0 Å². The molecule has 0 amide bonds. The molecule has 34 heavy (non-hydrogen) atoms. The molecule has 0 radical (unpaired) electrons. The van der Waals surface area contributed by atoms with Crippen molar-refractivity contribution in [2.24, 2.45) is 10.8 Å². The summed E-state index contributed by atoms with van der Waals surface area (Å²) in [6.07, 6.45) is 18.6. The predicted octanol–water partition coefficient (Wildman–Crippen LogP) is 9.74. The van der Waals surface area contributed by atoms with Crippen molar-refractivity contribution < 1.29 is 9.53 Å². The topological polar surface area (TPSA) is 26.3 Å². The fourth-order valence-electron chi connectivity index (χ4n) is 6.57. The van der Waals surface area contributed by atoms with Crippen LogP contribution >= 0.6 is 0 Å². The van der Waals surface area contributed by atoms with Crippen molar-refractivity contribution >= 4 is 16.7 Å². The van der Waals surface area contributed by atoms with E-state index in [9.17, 15) is 4.79 Å². The third kappa shape index (κ3) is 5.69. The number of benzene rings is 2. The summed E-state index contributed by atoms with van der Waals surface area (Å²) in [5.74, 6) is 1.31. The molecule has 2 bridgehead atoms. The SMILES string of the molecule is CCCCCC[C@@H](C)c1ccc2cc(OC(=O)C34CCC(CCCCC)(CC3)CC4)ccc2c1. The lowest BCUT2D eigenvalue weighted by Crippen LogP contribution is -2.47. The molecular formula is C32H46O2. The van der Waals surface area contributed by atoms with E-state index in [0.29, 0.717) is 17.1 Å². The van der Waals surface area contributed by atoms with Crippen molar-refractivity contribution in [1.29, 1.82) is 0 Å². The molecule has 0 aromatic heterocycles. The van der Waals surface area contributed by atoms with Crippen LogP contribution in [-0.2, 0) is 4.79 Å². The van der Waals surface area contributed by atoms with Gasteiger partial charge in [0.05, 0.1) is 5.41 Å². The van der Waals surface area contributed by atoms with Gasteiger partial charge < -0.3 is 4.74 Å². The molecular weight excluding hydrogens is 416 g/mol. The van der Waals surface area contributed by atoms with Crippen LogP contribution in [0, 0.1) is 10.8 Å². The molecule has 0 saturated heterocycles. The van der Waals surface area contributed by atoms with Crippen molar-refractivity contribution in [3.8, 4) is 5.75 Å². The molecule has 2 aromatic carbocycles. The van der Waals surface area contributed by atoms with Crippen molar-refractivity contribution in [3.05, 3.63) is 42.0 Å². The number of esters is 1. The zero-order chi connectivity index (χ0) is 24.0. The van der Waals surface area contributed by atoms with Crippen LogP contribution in [0.1, 0.15) is 129 Å². The second kappa shape index (κ2) is 11.3. The van der Waals surface area contributed by atoms with Gasteiger partial charge in [0.25, 0.3) is 0 Å². The molecule has 0 unspecified atom stereocenters. The number of unbranched alkanes of at least 4 members (excludes halogenated alkanes) is 5. The molecule has 2 heteroatoms. The highest BCUT2D eigenvalue weighted by Gasteiger charge is 2.52. The highest BCUT2D eigenvalue weighted by molar-refractivity contribution is 5.86. The lowest BCUT2D eigenvalue weighted by Gasteiger charge is -2.52. The first-order valence-corrected chi connectivity index (χ1v) is 14.3. The fraction of sp³-hybridized carbons (Fsp3) is 0.656. The van der Waals surface area contributed by atoms with Gasteiger partial charge in [0, 0.05) is 0 Å². The zero-order valence-electron chi connectivity index (χ0n) is 22.0. The summed E-state index contributed by atoms with van der Waals surface area (Å²) in [5.41, 5.74) is 1.70. The minimum absolute atomic E-state index is 0.0195. The van der Waals surface area contributed by atoms with E-state index >= 15 is 0 Å². The van der Waals surface area contributed by atoms with Gasteiger partial charge in [-0.15, -0.1) is 0 Å². The Hall–Kier alpha value is -1.83. The molecule has 2 nitrogen and oxygen atoms in total. The van der Waals surface area contributed by atoms with E-state index in [1.165, 1.54) is 88.0 Å². The number of hydrogen-bond acceptors (Lipinski definition) is 2. The number of carbonyl (C=O) groups is 1. The Morgan fingerprint density at radius 3 is 2.18 bits per heavy atom. The molecule has 1 atom stereocenters. The Balaban J connectivity index is 1.36. The number of ether oxygens (including phenoxy) is 1. The third-order valence-electron chi connectivity index (χ3n) is 9.25. The molecule has 3 aliphatic rings. The van der Waals surface area contributed by atoms with Gasteiger partial charge in [-0.1, -0.05) is 90.0 Å². The number of carbonyl (C=O) groups excluding carboxylic acids is 1. The number of hydrogen-bond donors (Lipinski definition) is 0. The Labute approximate surface area is 207 Å². The quantitative estimate of drug-likeness (QED) is 0.178. The summed E-state index contributed by atoms with van der Waals surface area (Å²) in [4.78, 5) is 13.3. The second-order valence-electron chi connectivity index (χ2n) is 11.6. The molecule has 3 aliphatic carbocycles. The molecule has 0 spiro atoms. The minimum Gasteiger partial charge on any atom is -0.426 e. The second-order valence-corrected chi connectivity index (χ2v) is 11.6. The van der Waals surface area contributed by atoms with Crippen LogP contribution in [-0.4, -0.2) is 5.97 Å². The zero-order valence-corrected chi connectivity index (χ0v) is 22.0. The molecule has 0 N–H and O–H groups in total. The summed E-state index contributed by atoms with van der Waals surface area (Å²) in [7, 11) is 0. The average molecular weight is 463 g/mol. The summed E-state index contributed by atoms with van der Waals surface area (Å²) in [6.45, 7) is 6.89. The number of rotatable bonds is 12. The standard InChI is InChI=1S/C32H46O2/c1-4-6-8-9-11-25(3)26-12-13-28-24-29(15-14-27(28)23-26)34-30(33)32-20-17-31(18-21-32,19-22-32)16-10-7-5-2/h12-15,23-25H,4-11,16-22H2,1-3H3/t25-,31?,32?/m1/s1. The van der Waals surface area contributed by atoms with Crippen molar-refractivity contribution in [3.63, 3.8) is 0 Å². The van der Waals surface area contributed by atoms with E-state index in [1.54, 1.807) is 0 Å². The van der Waals surface area contributed by atoms with E-state index in [1.807, 2.05) is 6.07 Å². The van der Waals surface area contributed by atoms with Gasteiger partial charge in [-0.05, 0) is 91.2 Å². The monoisotopic (exact) mass is 462 g/mol. The molecule has 3 saturated carbocycles. The van der Waals surface area contributed by atoms with Crippen molar-refractivity contribution in [2.45, 2.75) is 123 Å². The number of fused-ring (bicyclic) bond motifs is 4. The molecule has 5 rings (SSSR count). The molecule has 3 fully saturated rings. The van der Waals surface area contributed by atoms with Crippen LogP contribution in [0.5, 0.6) is 5.75 Å². The largest absolute Gasteiger partial charge is 0.426 e. The Bertz CT molecular complexity index is 934. The summed E-state index contributed by atoms with van der Waals surface area (Å²) < 4.78 is 6.03. The van der Waals surface area contributed by atoms with Crippen LogP contribution in [0.2, 0.25) is 0 Å². The van der Waals surface area contributed by atoms with Crippen LogP contribution in [0.15, 0.2) is 36.4 Å². The Morgan fingerprint density at radius 2 is 1.47 bits per heavy atom. The van der Waals surface area contributed by atoms with Gasteiger partial charge in [-0.3, -0.25) is 4.79 Å². The molecule has 186 valence electrons. The highest BCUT2D eigenvalue weighted by Crippen LogP contribution is 2.59. The summed E-state index contributed by atoms with van der Waals surface area (Å²) in [6, 6.07) is 13.0. The molecule has 0 heterocycles. The van der Waals surface area contributed by atoms with Gasteiger partial charge in [0.1, 0.15) is 5.75 Å². The maximum Gasteiger partial charge on any atom is 0.317 e. The normalized spacial score (nSPS) is 24.9. The highest BCUT2D eigenvalue weighted by atomic mass is 16.5. The lowest BCUT2D eigenvalue weighted by atomic mass is 9.52. The van der Waals surface area contributed by atoms with Crippen LogP contribution in [0.4, 0.5) is 0 Å². The van der Waals surface area contributed by atoms with Gasteiger partial charge in [-0.2, -0.15) is 0 Å². The first-order valence-electron chi connectivity index (χ1n) is 14.3. The van der Waals surface area contributed by atoms with Gasteiger partial charge >= 0.3 is 5.97 Å². The van der Waals surface area contributed by atoms with E-state index in [0.717, 1.165) is 24.6 Å². The van der Waals surface area contributed by atoms with Crippen molar-refractivity contribution in [1.82, 2.24) is 0 Å². The van der Waals surface area contributed by atoms with Gasteiger partial charge in [0.15, 0.2) is 0 Å². The predicted molar refractivity (Wildman–Crippen MR) is 143 cm³/mol. The van der Waals surface area contributed by atoms with Crippen LogP contribution in [0.25, 0.3) is 10.8 Å². The van der Waals surface area contributed by atoms with Gasteiger partial charge in [-0.25, -0.2) is 0 Å². The van der Waals surface area contributed by atoms with Crippen molar-refractivity contribution in [2.75, 3.05) is 0 Å². The van der Waals surface area contributed by atoms with E-state index in [2.05, 4.69) is 51.1 Å². The van der Waals surface area contributed by atoms with Gasteiger partial charge in [0.2, 0.25) is 0 Å². The first-order chi connectivity index (χ1) is 16.5. The maximum atomic E-state index is 13.3. The average Bonchev–Trinajstić information content (AvgIpc) is 2.87. The fourth-order valence-corrected chi connectivity index (χ4v) is 6.57. The minimum atomic E-state index is -0.238. The Morgan fingerprint density at radius 1 is 0.824 bits per heavy atom. The van der Waals surface area contributed by atoms with E-state index < -0.39 is 0 Å². The summed E-state index contributed by atoms with van der Waals surface area (Å²) >= 11 is 0. The Kier molecular flexibility index (Phi) is 8.38. The maximum absolute atomic E-state index is 13.3. The van der Waals surface area contributed by atoms with E-state index in [-0.39, 0.29) is 11.4 Å². The van der Waals surface area contributed by atoms with E-state index in [4.69, 9.17) is 4.74 Å².